The van der Waals surface area contributed by atoms with E-state index in [1.54, 1.807) is 24.3 Å². The summed E-state index contributed by atoms with van der Waals surface area (Å²) in [5.41, 5.74) is 1.68. The number of para-hydroxylation sites is 1. The Bertz CT molecular complexity index is 965. The molecule has 5 heteroatoms. The summed E-state index contributed by atoms with van der Waals surface area (Å²) in [7, 11) is 0. The van der Waals surface area contributed by atoms with E-state index in [0.29, 0.717) is 5.69 Å². The fourth-order valence-corrected chi connectivity index (χ4v) is 2.26. The summed E-state index contributed by atoms with van der Waals surface area (Å²) in [6.07, 6.45) is 0. The summed E-state index contributed by atoms with van der Waals surface area (Å²) in [6.45, 7) is 0. The highest BCUT2D eigenvalue weighted by molar-refractivity contribution is 5.80. The van der Waals surface area contributed by atoms with Gasteiger partial charge in [0.15, 0.2) is 0 Å². The molecule has 4 nitrogen and oxygen atoms in total. The molecular weight excluding hydrogens is 281 g/mol. The summed E-state index contributed by atoms with van der Waals surface area (Å²) in [6, 6.07) is 17.8. The van der Waals surface area contributed by atoms with Crippen molar-refractivity contribution in [2.45, 2.75) is 0 Å². The van der Waals surface area contributed by atoms with Crippen LogP contribution in [-0.2, 0) is 0 Å². The van der Waals surface area contributed by atoms with Gasteiger partial charge < -0.3 is 4.42 Å². The summed E-state index contributed by atoms with van der Waals surface area (Å²) < 4.78 is 19.3. The van der Waals surface area contributed by atoms with Crippen LogP contribution in [0.4, 0.5) is 4.39 Å². The van der Waals surface area contributed by atoms with Gasteiger partial charge in [0.2, 0.25) is 0 Å². The van der Waals surface area contributed by atoms with Gasteiger partial charge in [-0.3, -0.25) is 0 Å². The molecule has 0 bridgehead atoms. The SMILES string of the molecule is Fc1ccccc1-c1nnc(-c2ccc3ccccc3n2)o1. The fraction of sp³-hybridized carbons (Fsp3) is 0. The van der Waals surface area contributed by atoms with Crippen molar-refractivity contribution in [2.24, 2.45) is 0 Å². The molecule has 0 radical (unpaired) electrons. The summed E-state index contributed by atoms with van der Waals surface area (Å²) in [4.78, 5) is 4.48. The van der Waals surface area contributed by atoms with Crippen molar-refractivity contribution in [1.29, 1.82) is 0 Å². The molecule has 106 valence electrons. The van der Waals surface area contributed by atoms with Crippen LogP contribution >= 0.6 is 0 Å². The zero-order valence-electron chi connectivity index (χ0n) is 11.4. The van der Waals surface area contributed by atoms with Crippen LogP contribution in [0.3, 0.4) is 0 Å². The van der Waals surface area contributed by atoms with Crippen LogP contribution in [0.25, 0.3) is 33.9 Å². The molecule has 0 aliphatic carbocycles. The van der Waals surface area contributed by atoms with Crippen molar-refractivity contribution in [3.05, 3.63) is 66.5 Å². The first-order chi connectivity index (χ1) is 10.8. The molecule has 2 aromatic heterocycles. The highest BCUT2D eigenvalue weighted by Crippen LogP contribution is 2.25. The quantitative estimate of drug-likeness (QED) is 0.558. The maximum absolute atomic E-state index is 13.8. The van der Waals surface area contributed by atoms with Crippen molar-refractivity contribution in [3.63, 3.8) is 0 Å². The Hall–Kier alpha value is -3.08. The van der Waals surface area contributed by atoms with E-state index in [4.69, 9.17) is 4.42 Å². The molecule has 0 fully saturated rings. The Morgan fingerprint density at radius 1 is 0.773 bits per heavy atom. The van der Waals surface area contributed by atoms with E-state index in [1.165, 1.54) is 6.07 Å². The van der Waals surface area contributed by atoms with Crippen LogP contribution in [0, 0.1) is 5.82 Å². The van der Waals surface area contributed by atoms with Gasteiger partial charge in [-0.25, -0.2) is 9.37 Å². The lowest BCUT2D eigenvalue weighted by Crippen LogP contribution is -1.84. The first-order valence-electron chi connectivity index (χ1n) is 6.76. The van der Waals surface area contributed by atoms with Crippen LogP contribution in [0.2, 0.25) is 0 Å². The Kier molecular flexibility index (Phi) is 2.89. The topological polar surface area (TPSA) is 51.8 Å². The maximum atomic E-state index is 13.8. The number of rotatable bonds is 2. The van der Waals surface area contributed by atoms with E-state index in [0.717, 1.165) is 10.9 Å². The molecule has 0 amide bonds. The van der Waals surface area contributed by atoms with E-state index in [9.17, 15) is 4.39 Å². The third-order valence-corrected chi connectivity index (χ3v) is 3.35. The van der Waals surface area contributed by atoms with Crippen molar-refractivity contribution in [1.82, 2.24) is 15.2 Å². The lowest BCUT2D eigenvalue weighted by molar-refractivity contribution is 0.569. The zero-order chi connectivity index (χ0) is 14.9. The van der Waals surface area contributed by atoms with Crippen molar-refractivity contribution < 1.29 is 8.81 Å². The molecule has 0 saturated carbocycles. The highest BCUT2D eigenvalue weighted by atomic mass is 19.1. The van der Waals surface area contributed by atoms with Crippen molar-refractivity contribution >= 4 is 10.9 Å². The monoisotopic (exact) mass is 291 g/mol. The minimum Gasteiger partial charge on any atom is -0.414 e. The van der Waals surface area contributed by atoms with Gasteiger partial charge in [0.25, 0.3) is 11.8 Å². The largest absolute Gasteiger partial charge is 0.414 e. The normalized spacial score (nSPS) is 11.0. The van der Waals surface area contributed by atoms with E-state index in [2.05, 4.69) is 15.2 Å². The Morgan fingerprint density at radius 2 is 1.55 bits per heavy atom. The van der Waals surface area contributed by atoms with Gasteiger partial charge in [0, 0.05) is 5.39 Å². The van der Waals surface area contributed by atoms with Crippen LogP contribution < -0.4 is 0 Å². The second kappa shape index (κ2) is 5.04. The van der Waals surface area contributed by atoms with Gasteiger partial charge in [-0.15, -0.1) is 10.2 Å². The molecule has 2 aromatic carbocycles. The van der Waals surface area contributed by atoms with Crippen molar-refractivity contribution in [2.75, 3.05) is 0 Å². The van der Waals surface area contributed by atoms with Crippen LogP contribution in [0.5, 0.6) is 0 Å². The van der Waals surface area contributed by atoms with E-state index in [-0.39, 0.29) is 17.3 Å². The Morgan fingerprint density at radius 3 is 2.45 bits per heavy atom. The third kappa shape index (κ3) is 2.13. The van der Waals surface area contributed by atoms with Crippen molar-refractivity contribution in [3.8, 4) is 23.0 Å². The predicted molar refractivity (Wildman–Crippen MR) is 80.4 cm³/mol. The van der Waals surface area contributed by atoms with Crippen LogP contribution in [-0.4, -0.2) is 15.2 Å². The van der Waals surface area contributed by atoms with Gasteiger partial charge in [-0.2, -0.15) is 0 Å². The number of fused-ring (bicyclic) bond motifs is 1. The fourth-order valence-electron chi connectivity index (χ4n) is 2.26. The summed E-state index contributed by atoms with van der Waals surface area (Å²) in [5.74, 6) is 0.0104. The number of pyridine rings is 1. The van der Waals surface area contributed by atoms with Gasteiger partial charge >= 0.3 is 0 Å². The first kappa shape index (κ1) is 12.6. The zero-order valence-corrected chi connectivity index (χ0v) is 11.4. The summed E-state index contributed by atoms with van der Waals surface area (Å²) >= 11 is 0. The molecule has 4 aromatic rings. The van der Waals surface area contributed by atoms with E-state index in [1.807, 2.05) is 30.3 Å². The molecular formula is C17H10FN3O. The number of aromatic nitrogens is 3. The average Bonchev–Trinajstić information content (AvgIpc) is 3.04. The standard InChI is InChI=1S/C17H10FN3O/c18-13-7-3-2-6-12(13)16-20-21-17(22-16)15-10-9-11-5-1-4-8-14(11)19-15/h1-10H. The Labute approximate surface area is 125 Å². The van der Waals surface area contributed by atoms with Crippen LogP contribution in [0.1, 0.15) is 0 Å². The first-order valence-corrected chi connectivity index (χ1v) is 6.76. The summed E-state index contributed by atoms with van der Waals surface area (Å²) in [5, 5.41) is 8.90. The number of hydrogen-bond donors (Lipinski definition) is 0. The minimum absolute atomic E-state index is 0.142. The molecule has 0 unspecified atom stereocenters. The maximum Gasteiger partial charge on any atom is 0.266 e. The number of nitrogens with zero attached hydrogens (tertiary/aromatic N) is 3. The highest BCUT2D eigenvalue weighted by Gasteiger charge is 2.14. The molecule has 0 atom stereocenters. The molecule has 4 rings (SSSR count). The lowest BCUT2D eigenvalue weighted by Gasteiger charge is -1.99. The van der Waals surface area contributed by atoms with Gasteiger partial charge in [-0.05, 0) is 24.3 Å². The molecule has 0 saturated heterocycles. The smallest absolute Gasteiger partial charge is 0.266 e. The van der Waals surface area contributed by atoms with Gasteiger partial charge in [0.1, 0.15) is 11.5 Å². The number of benzene rings is 2. The van der Waals surface area contributed by atoms with Gasteiger partial charge in [-0.1, -0.05) is 36.4 Å². The van der Waals surface area contributed by atoms with Gasteiger partial charge in [0.05, 0.1) is 11.1 Å². The predicted octanol–water partition coefficient (Wildman–Crippen LogP) is 4.09. The molecule has 0 N–H and O–H groups in total. The molecule has 0 aliphatic heterocycles. The Balaban J connectivity index is 1.78. The molecule has 22 heavy (non-hydrogen) atoms. The minimum atomic E-state index is -0.399. The second-order valence-electron chi connectivity index (χ2n) is 4.78. The lowest BCUT2D eigenvalue weighted by atomic mass is 10.2. The molecule has 0 aliphatic rings. The van der Waals surface area contributed by atoms with E-state index < -0.39 is 5.82 Å². The average molecular weight is 291 g/mol. The number of halogens is 1. The van der Waals surface area contributed by atoms with E-state index >= 15 is 0 Å². The van der Waals surface area contributed by atoms with Crippen LogP contribution in [0.15, 0.2) is 65.1 Å². The second-order valence-corrected chi connectivity index (χ2v) is 4.78. The third-order valence-electron chi connectivity index (χ3n) is 3.35. The molecule has 0 spiro atoms. The number of hydrogen-bond acceptors (Lipinski definition) is 4. The molecule has 2 heterocycles.